The molecule has 1 aliphatic heterocycles. The van der Waals surface area contributed by atoms with Crippen molar-refractivity contribution in [2.45, 2.75) is 58.4 Å². The molecule has 2 aromatic heterocycles. The van der Waals surface area contributed by atoms with Crippen molar-refractivity contribution in [1.29, 1.82) is 0 Å². The van der Waals surface area contributed by atoms with Crippen LogP contribution in [0.1, 0.15) is 68.7 Å². The average molecular weight is 364 g/mol. The first-order valence-electron chi connectivity index (χ1n) is 8.76. The molecule has 2 aromatic rings. The van der Waals surface area contributed by atoms with Gasteiger partial charge in [-0.15, -0.1) is 10.2 Å². The van der Waals surface area contributed by atoms with E-state index in [4.69, 9.17) is 4.52 Å². The molecule has 1 saturated heterocycles. The molecule has 0 aromatic carbocycles. The van der Waals surface area contributed by atoms with Gasteiger partial charge in [0.05, 0.1) is 12.6 Å². The summed E-state index contributed by atoms with van der Waals surface area (Å²) in [5, 5.41) is 16.5. The van der Waals surface area contributed by atoms with Crippen molar-refractivity contribution in [3.05, 3.63) is 16.7 Å². The molecular formula is C16H24N6O2S. The van der Waals surface area contributed by atoms with E-state index in [9.17, 15) is 4.79 Å². The minimum absolute atomic E-state index is 0.0100. The maximum atomic E-state index is 12.3. The molecule has 0 saturated carbocycles. The fourth-order valence-corrected chi connectivity index (χ4v) is 3.73. The van der Waals surface area contributed by atoms with E-state index >= 15 is 0 Å². The van der Waals surface area contributed by atoms with Crippen LogP contribution in [0.15, 0.2) is 4.52 Å². The molecule has 0 unspecified atom stereocenters. The third-order valence-electron chi connectivity index (χ3n) is 4.15. The Morgan fingerprint density at radius 2 is 2.28 bits per heavy atom. The number of hydrogen-bond acceptors (Lipinski definition) is 8. The van der Waals surface area contributed by atoms with Crippen molar-refractivity contribution in [3.8, 4) is 0 Å². The summed E-state index contributed by atoms with van der Waals surface area (Å²) in [6, 6.07) is 0.0100. The normalized spacial score (nSPS) is 18.2. The predicted octanol–water partition coefficient (Wildman–Crippen LogP) is 2.77. The maximum absolute atomic E-state index is 12.3. The molecule has 1 N–H and O–H groups in total. The Bertz CT molecular complexity index is 713. The Balaban J connectivity index is 1.59. The Labute approximate surface area is 151 Å². The number of likely N-dealkylation sites (tertiary alicyclic amines) is 1. The highest BCUT2D eigenvalue weighted by atomic mass is 32.1. The summed E-state index contributed by atoms with van der Waals surface area (Å²) in [7, 11) is 0. The SMILES string of the molecule is CCCc1nnc(NC(=O)CN2CCC[C@H]2c2nc(C(C)C)no2)s1. The van der Waals surface area contributed by atoms with Gasteiger partial charge in [-0.25, -0.2) is 0 Å². The topological polar surface area (TPSA) is 97.0 Å². The van der Waals surface area contributed by atoms with Crippen molar-refractivity contribution >= 4 is 22.4 Å². The lowest BCUT2D eigenvalue weighted by atomic mass is 10.2. The number of nitrogens with zero attached hydrogens (tertiary/aromatic N) is 5. The summed E-state index contributed by atoms with van der Waals surface area (Å²) in [4.78, 5) is 18.9. The van der Waals surface area contributed by atoms with E-state index in [0.29, 0.717) is 16.8 Å². The second-order valence-electron chi connectivity index (χ2n) is 6.57. The summed E-state index contributed by atoms with van der Waals surface area (Å²) in [5.41, 5.74) is 0. The van der Waals surface area contributed by atoms with Gasteiger partial charge in [0.2, 0.25) is 16.9 Å². The fraction of sp³-hybridized carbons (Fsp3) is 0.688. The van der Waals surface area contributed by atoms with Crippen molar-refractivity contribution in [3.63, 3.8) is 0 Å². The van der Waals surface area contributed by atoms with Crippen LogP contribution in [0.4, 0.5) is 5.13 Å². The van der Waals surface area contributed by atoms with Gasteiger partial charge in [-0.2, -0.15) is 4.98 Å². The lowest BCUT2D eigenvalue weighted by Crippen LogP contribution is -2.33. The summed E-state index contributed by atoms with van der Waals surface area (Å²) in [5.74, 6) is 1.46. The largest absolute Gasteiger partial charge is 0.338 e. The van der Waals surface area contributed by atoms with E-state index in [2.05, 4.69) is 37.5 Å². The molecule has 25 heavy (non-hydrogen) atoms. The summed E-state index contributed by atoms with van der Waals surface area (Å²) < 4.78 is 5.42. The number of carbonyl (C=O) groups is 1. The van der Waals surface area contributed by atoms with Crippen molar-refractivity contribution in [2.75, 3.05) is 18.4 Å². The molecule has 3 rings (SSSR count). The van der Waals surface area contributed by atoms with Gasteiger partial charge in [-0.1, -0.05) is 37.3 Å². The van der Waals surface area contributed by atoms with E-state index in [1.165, 1.54) is 11.3 Å². The third kappa shape index (κ3) is 4.40. The Kier molecular flexibility index (Phi) is 5.74. The van der Waals surface area contributed by atoms with Crippen molar-refractivity contribution in [1.82, 2.24) is 25.2 Å². The highest BCUT2D eigenvalue weighted by Crippen LogP contribution is 2.31. The zero-order valence-electron chi connectivity index (χ0n) is 14.9. The van der Waals surface area contributed by atoms with Crippen LogP contribution >= 0.6 is 11.3 Å². The average Bonchev–Trinajstić information content (AvgIpc) is 3.27. The fourth-order valence-electron chi connectivity index (χ4n) is 2.87. The highest BCUT2D eigenvalue weighted by Gasteiger charge is 2.32. The monoisotopic (exact) mass is 364 g/mol. The van der Waals surface area contributed by atoms with Gasteiger partial charge >= 0.3 is 0 Å². The minimum Gasteiger partial charge on any atom is -0.338 e. The number of amides is 1. The first-order chi connectivity index (χ1) is 12.1. The zero-order chi connectivity index (χ0) is 17.8. The van der Waals surface area contributed by atoms with Gasteiger partial charge in [0.25, 0.3) is 0 Å². The maximum Gasteiger partial charge on any atom is 0.244 e. The van der Waals surface area contributed by atoms with E-state index in [0.717, 1.165) is 37.2 Å². The Hall–Kier alpha value is -1.87. The number of rotatable bonds is 7. The van der Waals surface area contributed by atoms with E-state index < -0.39 is 0 Å². The molecule has 0 bridgehead atoms. The van der Waals surface area contributed by atoms with Crippen LogP contribution in [0, 0.1) is 0 Å². The van der Waals surface area contributed by atoms with Gasteiger partial charge in [-0.05, 0) is 25.8 Å². The summed E-state index contributed by atoms with van der Waals surface area (Å²) in [6.45, 7) is 7.28. The van der Waals surface area contributed by atoms with Crippen molar-refractivity contribution < 1.29 is 9.32 Å². The zero-order valence-corrected chi connectivity index (χ0v) is 15.7. The van der Waals surface area contributed by atoms with Crippen LogP contribution < -0.4 is 5.32 Å². The number of nitrogens with one attached hydrogen (secondary N) is 1. The molecule has 9 heteroatoms. The van der Waals surface area contributed by atoms with Gasteiger partial charge in [0.1, 0.15) is 5.01 Å². The third-order valence-corrected chi connectivity index (χ3v) is 5.04. The van der Waals surface area contributed by atoms with E-state index in [-0.39, 0.29) is 24.4 Å². The Morgan fingerprint density at radius 3 is 3.00 bits per heavy atom. The molecule has 1 atom stereocenters. The number of hydrogen-bond donors (Lipinski definition) is 1. The van der Waals surface area contributed by atoms with Crippen molar-refractivity contribution in [2.24, 2.45) is 0 Å². The standard InChI is InChI=1S/C16H24N6O2S/c1-4-6-13-19-20-16(25-13)17-12(23)9-22-8-5-7-11(22)15-18-14(10(2)3)21-24-15/h10-11H,4-9H2,1-3H3,(H,17,20,23)/t11-/m0/s1. The molecule has 0 spiro atoms. The van der Waals surface area contributed by atoms with Gasteiger partial charge < -0.3 is 4.52 Å². The minimum atomic E-state index is -0.0882. The van der Waals surface area contributed by atoms with Gasteiger partial charge in [-0.3, -0.25) is 15.0 Å². The smallest absolute Gasteiger partial charge is 0.244 e. The van der Waals surface area contributed by atoms with Crippen LogP contribution in [0.2, 0.25) is 0 Å². The molecule has 136 valence electrons. The molecule has 3 heterocycles. The number of anilines is 1. The lowest BCUT2D eigenvalue weighted by molar-refractivity contribution is -0.117. The summed E-state index contributed by atoms with van der Waals surface area (Å²) in [6.07, 6.45) is 3.83. The molecule has 0 aliphatic carbocycles. The van der Waals surface area contributed by atoms with E-state index in [1.807, 2.05) is 13.8 Å². The Morgan fingerprint density at radius 1 is 1.44 bits per heavy atom. The quantitative estimate of drug-likeness (QED) is 0.807. The van der Waals surface area contributed by atoms with Crippen LogP contribution in [0.5, 0.6) is 0 Å². The summed E-state index contributed by atoms with van der Waals surface area (Å²) >= 11 is 1.43. The first-order valence-corrected chi connectivity index (χ1v) is 9.58. The second kappa shape index (κ2) is 8.01. The highest BCUT2D eigenvalue weighted by molar-refractivity contribution is 7.15. The van der Waals surface area contributed by atoms with E-state index in [1.54, 1.807) is 0 Å². The lowest BCUT2D eigenvalue weighted by Gasteiger charge is -2.20. The number of carbonyl (C=O) groups excluding carboxylic acids is 1. The molecule has 1 fully saturated rings. The van der Waals surface area contributed by atoms with Crippen LogP contribution in [0.25, 0.3) is 0 Å². The number of aromatic nitrogens is 4. The predicted molar refractivity (Wildman–Crippen MR) is 94.5 cm³/mol. The molecule has 1 aliphatic rings. The molecular weight excluding hydrogens is 340 g/mol. The second-order valence-corrected chi connectivity index (χ2v) is 7.64. The van der Waals surface area contributed by atoms with Crippen LogP contribution in [0.3, 0.4) is 0 Å². The van der Waals surface area contributed by atoms with Gasteiger partial charge in [0.15, 0.2) is 5.82 Å². The first kappa shape index (κ1) is 17.9. The van der Waals surface area contributed by atoms with Crippen LogP contribution in [-0.2, 0) is 11.2 Å². The number of aryl methyl sites for hydroxylation is 1. The van der Waals surface area contributed by atoms with Gasteiger partial charge in [0, 0.05) is 12.3 Å². The van der Waals surface area contributed by atoms with Crippen LogP contribution in [-0.4, -0.2) is 44.2 Å². The molecule has 8 nitrogen and oxygen atoms in total. The molecule has 0 radical (unpaired) electrons. The molecule has 1 amide bonds.